The molecule has 21 heavy (non-hydrogen) atoms. The smallest absolute Gasteiger partial charge is 0.227 e. The highest BCUT2D eigenvalue weighted by Gasteiger charge is 2.30. The minimum absolute atomic E-state index is 0.0270. The second-order valence-electron chi connectivity index (χ2n) is 5.67. The summed E-state index contributed by atoms with van der Waals surface area (Å²) in [5.74, 6) is 0.483. The minimum Gasteiger partial charge on any atom is -0.389 e. The van der Waals surface area contributed by atoms with Crippen LogP contribution in [-0.4, -0.2) is 65.1 Å². The molecule has 1 aromatic rings. The number of carbonyl (C=O) groups is 1. The van der Waals surface area contributed by atoms with Gasteiger partial charge in [0.25, 0.3) is 0 Å². The Morgan fingerprint density at radius 3 is 2.95 bits per heavy atom. The van der Waals surface area contributed by atoms with Crippen LogP contribution >= 0.6 is 11.3 Å². The number of likely N-dealkylation sites (N-methyl/N-ethyl adjacent to an activating group) is 1. The Morgan fingerprint density at radius 1 is 1.48 bits per heavy atom. The molecule has 2 fully saturated rings. The lowest BCUT2D eigenvalue weighted by molar-refractivity contribution is -0.116. The van der Waals surface area contributed by atoms with Crippen molar-refractivity contribution in [1.29, 1.82) is 0 Å². The maximum Gasteiger partial charge on any atom is 0.227 e. The maximum absolute atomic E-state index is 11.9. The van der Waals surface area contributed by atoms with Crippen molar-refractivity contribution in [1.82, 2.24) is 15.1 Å². The Balaban J connectivity index is 1.43. The molecule has 8 heteroatoms. The molecule has 7 nitrogen and oxygen atoms in total. The van der Waals surface area contributed by atoms with E-state index in [4.69, 9.17) is 4.74 Å². The van der Waals surface area contributed by atoms with Gasteiger partial charge in [-0.05, 0) is 19.9 Å². The standard InChI is InChI=1S/C13H20N4O3S/c1-17(9-6-20-7-10(9)18)5-4-11(19)14-13-16-15-12(21-13)8-2-3-8/h8-10,18H,2-7H2,1H3,(H,14,16,19). The summed E-state index contributed by atoms with van der Waals surface area (Å²) in [5.41, 5.74) is 0. The Labute approximate surface area is 127 Å². The van der Waals surface area contributed by atoms with Crippen LogP contribution in [0, 0.1) is 0 Å². The lowest BCUT2D eigenvalue weighted by Crippen LogP contribution is -2.41. The van der Waals surface area contributed by atoms with E-state index in [9.17, 15) is 9.90 Å². The third-order valence-electron chi connectivity index (χ3n) is 3.89. The summed E-state index contributed by atoms with van der Waals surface area (Å²) in [4.78, 5) is 13.9. The van der Waals surface area contributed by atoms with Gasteiger partial charge in [-0.2, -0.15) is 0 Å². The molecular weight excluding hydrogens is 292 g/mol. The summed E-state index contributed by atoms with van der Waals surface area (Å²) in [7, 11) is 1.89. The summed E-state index contributed by atoms with van der Waals surface area (Å²) in [6, 6.07) is -0.0270. The van der Waals surface area contributed by atoms with Crippen LogP contribution in [0.5, 0.6) is 0 Å². The van der Waals surface area contributed by atoms with Gasteiger partial charge in [-0.3, -0.25) is 9.69 Å². The highest BCUT2D eigenvalue weighted by atomic mass is 32.1. The number of hydrogen-bond acceptors (Lipinski definition) is 7. The molecule has 1 saturated heterocycles. The van der Waals surface area contributed by atoms with Crippen molar-refractivity contribution in [2.45, 2.75) is 37.3 Å². The maximum atomic E-state index is 11.9. The van der Waals surface area contributed by atoms with E-state index >= 15 is 0 Å². The van der Waals surface area contributed by atoms with Gasteiger partial charge >= 0.3 is 0 Å². The molecule has 2 aliphatic rings. The molecule has 1 aliphatic heterocycles. The summed E-state index contributed by atoms with van der Waals surface area (Å²) in [6.07, 6.45) is 2.25. The van der Waals surface area contributed by atoms with Gasteiger partial charge in [0.15, 0.2) is 0 Å². The van der Waals surface area contributed by atoms with Crippen molar-refractivity contribution in [2.24, 2.45) is 0 Å². The molecule has 1 aliphatic carbocycles. The average Bonchev–Trinajstić information content (AvgIpc) is 3.06. The van der Waals surface area contributed by atoms with Gasteiger partial charge in [-0.15, -0.1) is 10.2 Å². The summed E-state index contributed by atoms with van der Waals surface area (Å²) in [6.45, 7) is 1.46. The van der Waals surface area contributed by atoms with E-state index in [2.05, 4.69) is 15.5 Å². The first-order valence-electron chi connectivity index (χ1n) is 7.23. The van der Waals surface area contributed by atoms with Crippen LogP contribution in [0.2, 0.25) is 0 Å². The zero-order valence-electron chi connectivity index (χ0n) is 12.0. The lowest BCUT2D eigenvalue weighted by Gasteiger charge is -2.24. The number of nitrogens with one attached hydrogen (secondary N) is 1. The van der Waals surface area contributed by atoms with Crippen LogP contribution < -0.4 is 5.32 Å². The first-order chi connectivity index (χ1) is 10.1. The fourth-order valence-corrected chi connectivity index (χ4v) is 3.29. The van der Waals surface area contributed by atoms with Gasteiger partial charge in [-0.25, -0.2) is 0 Å². The molecule has 2 N–H and O–H groups in total. The van der Waals surface area contributed by atoms with Gasteiger partial charge in [0, 0.05) is 18.9 Å². The number of carbonyl (C=O) groups excluding carboxylic acids is 1. The molecule has 2 heterocycles. The molecule has 3 rings (SSSR count). The summed E-state index contributed by atoms with van der Waals surface area (Å²) < 4.78 is 5.22. The minimum atomic E-state index is -0.470. The highest BCUT2D eigenvalue weighted by molar-refractivity contribution is 7.15. The van der Waals surface area contributed by atoms with Crippen molar-refractivity contribution in [2.75, 3.05) is 32.1 Å². The van der Waals surface area contributed by atoms with E-state index in [0.717, 1.165) is 5.01 Å². The molecule has 0 bridgehead atoms. The SMILES string of the molecule is CN(CCC(=O)Nc1nnc(C2CC2)s1)C1COCC1O. The first kappa shape index (κ1) is 14.8. The second-order valence-corrected chi connectivity index (χ2v) is 6.68. The third-order valence-corrected chi connectivity index (χ3v) is 4.89. The van der Waals surface area contributed by atoms with Crippen molar-refractivity contribution in [3.8, 4) is 0 Å². The van der Waals surface area contributed by atoms with E-state index in [-0.39, 0.29) is 11.9 Å². The van der Waals surface area contributed by atoms with Crippen molar-refractivity contribution < 1.29 is 14.6 Å². The quantitative estimate of drug-likeness (QED) is 0.792. The van der Waals surface area contributed by atoms with Gasteiger partial charge < -0.3 is 15.2 Å². The number of anilines is 1. The van der Waals surface area contributed by atoms with Crippen LogP contribution in [0.25, 0.3) is 0 Å². The number of ether oxygens (including phenoxy) is 1. The third kappa shape index (κ3) is 3.76. The molecule has 0 spiro atoms. The van der Waals surface area contributed by atoms with Crippen LogP contribution in [0.3, 0.4) is 0 Å². The normalized spacial score (nSPS) is 25.5. The van der Waals surface area contributed by atoms with Crippen LogP contribution in [0.1, 0.15) is 30.2 Å². The molecule has 2 unspecified atom stereocenters. The van der Waals surface area contributed by atoms with Crippen molar-refractivity contribution in [3.63, 3.8) is 0 Å². The van der Waals surface area contributed by atoms with E-state index in [1.54, 1.807) is 0 Å². The van der Waals surface area contributed by atoms with Crippen LogP contribution in [0.4, 0.5) is 5.13 Å². The average molecular weight is 312 g/mol. The predicted octanol–water partition coefficient (Wildman–Crippen LogP) is 0.436. The molecular formula is C13H20N4O3S. The molecule has 1 amide bonds. The van der Waals surface area contributed by atoms with E-state index in [1.165, 1.54) is 24.2 Å². The summed E-state index contributed by atoms with van der Waals surface area (Å²) >= 11 is 1.46. The Hall–Kier alpha value is -1.09. The number of aliphatic hydroxyl groups is 1. The van der Waals surface area contributed by atoms with Gasteiger partial charge in [0.2, 0.25) is 11.0 Å². The predicted molar refractivity (Wildman–Crippen MR) is 78.4 cm³/mol. The molecule has 116 valence electrons. The number of hydrogen-bond donors (Lipinski definition) is 2. The first-order valence-corrected chi connectivity index (χ1v) is 8.04. The lowest BCUT2D eigenvalue weighted by atomic mass is 10.2. The highest BCUT2D eigenvalue weighted by Crippen LogP contribution is 2.42. The zero-order valence-corrected chi connectivity index (χ0v) is 12.8. The van der Waals surface area contributed by atoms with Crippen LogP contribution in [0.15, 0.2) is 0 Å². The fourth-order valence-electron chi connectivity index (χ4n) is 2.36. The topological polar surface area (TPSA) is 87.6 Å². The van der Waals surface area contributed by atoms with E-state index < -0.39 is 6.10 Å². The molecule has 0 aromatic carbocycles. The Kier molecular flexibility index (Phi) is 4.48. The monoisotopic (exact) mass is 312 g/mol. The number of nitrogens with zero attached hydrogens (tertiary/aromatic N) is 3. The van der Waals surface area contributed by atoms with Crippen molar-refractivity contribution >= 4 is 22.4 Å². The second kappa shape index (κ2) is 6.35. The zero-order chi connectivity index (χ0) is 14.8. The number of rotatable bonds is 6. The van der Waals surface area contributed by atoms with Crippen LogP contribution in [-0.2, 0) is 9.53 Å². The fraction of sp³-hybridized carbons (Fsp3) is 0.769. The molecule has 0 radical (unpaired) electrons. The Morgan fingerprint density at radius 2 is 2.29 bits per heavy atom. The van der Waals surface area contributed by atoms with Gasteiger partial charge in [0.1, 0.15) is 5.01 Å². The van der Waals surface area contributed by atoms with Gasteiger partial charge in [-0.1, -0.05) is 11.3 Å². The molecule has 1 saturated carbocycles. The van der Waals surface area contributed by atoms with Gasteiger partial charge in [0.05, 0.1) is 25.4 Å². The summed E-state index contributed by atoms with van der Waals surface area (Å²) in [5, 5.41) is 22.2. The van der Waals surface area contributed by atoms with Crippen molar-refractivity contribution in [3.05, 3.63) is 5.01 Å². The largest absolute Gasteiger partial charge is 0.389 e. The number of aromatic nitrogens is 2. The number of amides is 1. The number of aliphatic hydroxyl groups excluding tert-OH is 1. The van der Waals surface area contributed by atoms with E-state index in [1.807, 2.05) is 11.9 Å². The molecule has 2 atom stereocenters. The molecule has 1 aromatic heterocycles. The Bertz CT molecular complexity index is 505. The van der Waals surface area contributed by atoms with E-state index in [0.29, 0.717) is 37.2 Å².